The third kappa shape index (κ3) is 1.43. The Bertz CT molecular complexity index is 462. The topological polar surface area (TPSA) is 26.3 Å². The molecule has 17 heavy (non-hydrogen) atoms. The molecule has 0 bridgehead atoms. The normalized spacial score (nSPS) is 29.8. The van der Waals surface area contributed by atoms with Gasteiger partial charge < -0.3 is 4.74 Å². The van der Waals surface area contributed by atoms with Crippen molar-refractivity contribution < 1.29 is 9.53 Å². The number of carbonyl (C=O) groups excluding carboxylic acids is 1. The van der Waals surface area contributed by atoms with Gasteiger partial charge in [0.25, 0.3) is 0 Å². The first-order valence-corrected chi connectivity index (χ1v) is 6.01. The minimum absolute atomic E-state index is 0.0355. The van der Waals surface area contributed by atoms with E-state index in [-0.39, 0.29) is 22.7 Å². The lowest BCUT2D eigenvalue weighted by Crippen LogP contribution is -2.14. The number of aryl methyl sites for hydroxylation is 1. The lowest BCUT2D eigenvalue weighted by molar-refractivity contribution is -0.143. The molecule has 0 radical (unpaired) electrons. The standard InChI is InChI=1S/C15H20O2/c1-10-8-6-7-9-11(10)15(4)12(13(16)17-5)14(15,2)3/h6-9,12H,1-5H3. The summed E-state index contributed by atoms with van der Waals surface area (Å²) < 4.78 is 4.93. The Hall–Kier alpha value is -1.31. The molecule has 0 amide bonds. The van der Waals surface area contributed by atoms with E-state index in [9.17, 15) is 4.79 Å². The molecule has 2 atom stereocenters. The molecule has 2 heteroatoms. The van der Waals surface area contributed by atoms with Gasteiger partial charge in [0.05, 0.1) is 13.0 Å². The van der Waals surface area contributed by atoms with Gasteiger partial charge in [-0.1, -0.05) is 45.0 Å². The van der Waals surface area contributed by atoms with Crippen molar-refractivity contribution in [3.8, 4) is 0 Å². The highest BCUT2D eigenvalue weighted by molar-refractivity contribution is 5.81. The molecule has 0 N–H and O–H groups in total. The van der Waals surface area contributed by atoms with Crippen molar-refractivity contribution in [1.29, 1.82) is 0 Å². The van der Waals surface area contributed by atoms with Crippen LogP contribution in [0.3, 0.4) is 0 Å². The summed E-state index contributed by atoms with van der Waals surface area (Å²) in [5, 5.41) is 0. The number of carbonyl (C=O) groups is 1. The van der Waals surface area contributed by atoms with E-state index in [1.807, 2.05) is 12.1 Å². The molecule has 2 nitrogen and oxygen atoms in total. The van der Waals surface area contributed by atoms with E-state index >= 15 is 0 Å². The van der Waals surface area contributed by atoms with Crippen LogP contribution in [-0.2, 0) is 14.9 Å². The van der Waals surface area contributed by atoms with E-state index in [1.54, 1.807) is 0 Å². The highest BCUT2D eigenvalue weighted by Crippen LogP contribution is 2.69. The van der Waals surface area contributed by atoms with Gasteiger partial charge in [-0.25, -0.2) is 0 Å². The number of benzene rings is 1. The van der Waals surface area contributed by atoms with Crippen LogP contribution in [0.4, 0.5) is 0 Å². The molecular formula is C15H20O2. The molecular weight excluding hydrogens is 212 g/mol. The zero-order valence-corrected chi connectivity index (χ0v) is 11.2. The fourth-order valence-electron chi connectivity index (χ4n) is 3.29. The molecule has 0 spiro atoms. The molecule has 92 valence electrons. The summed E-state index contributed by atoms with van der Waals surface area (Å²) >= 11 is 0. The average molecular weight is 232 g/mol. The Morgan fingerprint density at radius 2 is 1.82 bits per heavy atom. The second-order valence-corrected chi connectivity index (χ2v) is 5.70. The van der Waals surface area contributed by atoms with Gasteiger partial charge in [0.1, 0.15) is 0 Å². The fourth-order valence-corrected chi connectivity index (χ4v) is 3.29. The minimum Gasteiger partial charge on any atom is -0.469 e. The van der Waals surface area contributed by atoms with Crippen LogP contribution in [0.15, 0.2) is 24.3 Å². The molecule has 0 aromatic heterocycles. The van der Waals surface area contributed by atoms with Crippen molar-refractivity contribution in [2.45, 2.75) is 33.1 Å². The predicted octanol–water partition coefficient (Wildman–Crippen LogP) is 3.08. The summed E-state index contributed by atoms with van der Waals surface area (Å²) in [6.45, 7) is 8.54. The first-order chi connectivity index (χ1) is 7.87. The van der Waals surface area contributed by atoms with E-state index in [4.69, 9.17) is 4.74 Å². The van der Waals surface area contributed by atoms with E-state index in [0.29, 0.717) is 0 Å². The van der Waals surface area contributed by atoms with E-state index in [1.165, 1.54) is 18.2 Å². The molecule has 1 aliphatic rings. The molecule has 0 heterocycles. The maximum Gasteiger partial charge on any atom is 0.310 e. The quantitative estimate of drug-likeness (QED) is 0.732. The molecule has 1 aromatic rings. The molecule has 1 fully saturated rings. The van der Waals surface area contributed by atoms with Crippen LogP contribution in [0.25, 0.3) is 0 Å². The monoisotopic (exact) mass is 232 g/mol. The summed E-state index contributed by atoms with van der Waals surface area (Å²) in [4.78, 5) is 11.9. The van der Waals surface area contributed by atoms with Gasteiger partial charge in [-0.3, -0.25) is 4.79 Å². The molecule has 1 aliphatic carbocycles. The minimum atomic E-state index is -0.106. The van der Waals surface area contributed by atoms with Crippen molar-refractivity contribution in [3.63, 3.8) is 0 Å². The van der Waals surface area contributed by atoms with Crippen LogP contribution < -0.4 is 0 Å². The summed E-state index contributed by atoms with van der Waals surface area (Å²) in [5.41, 5.74) is 2.37. The van der Waals surface area contributed by atoms with Crippen molar-refractivity contribution in [3.05, 3.63) is 35.4 Å². The third-order valence-corrected chi connectivity index (χ3v) is 4.70. The number of hydrogen-bond donors (Lipinski definition) is 0. The van der Waals surface area contributed by atoms with Crippen molar-refractivity contribution in [2.24, 2.45) is 11.3 Å². The average Bonchev–Trinajstić information content (AvgIpc) is 2.73. The summed E-state index contributed by atoms with van der Waals surface area (Å²) in [7, 11) is 1.47. The highest BCUT2D eigenvalue weighted by Gasteiger charge is 2.72. The number of ether oxygens (including phenoxy) is 1. The van der Waals surface area contributed by atoms with E-state index in [0.717, 1.165) is 0 Å². The highest BCUT2D eigenvalue weighted by atomic mass is 16.5. The van der Waals surface area contributed by atoms with Crippen molar-refractivity contribution >= 4 is 5.97 Å². The first-order valence-electron chi connectivity index (χ1n) is 6.01. The van der Waals surface area contributed by atoms with Crippen molar-refractivity contribution in [2.75, 3.05) is 7.11 Å². The molecule has 2 rings (SSSR count). The lowest BCUT2D eigenvalue weighted by atomic mass is 9.87. The second-order valence-electron chi connectivity index (χ2n) is 5.70. The fraction of sp³-hybridized carbons (Fsp3) is 0.533. The molecule has 0 saturated heterocycles. The van der Waals surface area contributed by atoms with Gasteiger partial charge in [0, 0.05) is 5.41 Å². The van der Waals surface area contributed by atoms with Gasteiger partial charge in [-0.05, 0) is 23.5 Å². The Morgan fingerprint density at radius 1 is 1.24 bits per heavy atom. The van der Waals surface area contributed by atoms with Crippen molar-refractivity contribution in [1.82, 2.24) is 0 Å². The van der Waals surface area contributed by atoms with Crippen LogP contribution in [0.5, 0.6) is 0 Å². The summed E-state index contributed by atoms with van der Waals surface area (Å²) in [6.07, 6.45) is 0. The molecule has 2 unspecified atom stereocenters. The van der Waals surface area contributed by atoms with Crippen LogP contribution in [0.2, 0.25) is 0 Å². The second kappa shape index (κ2) is 3.59. The SMILES string of the molecule is COC(=O)C1C(C)(C)C1(C)c1ccccc1C. The van der Waals surface area contributed by atoms with E-state index in [2.05, 4.69) is 39.8 Å². The van der Waals surface area contributed by atoms with Gasteiger partial charge in [0.15, 0.2) is 0 Å². The molecule has 1 aromatic carbocycles. The largest absolute Gasteiger partial charge is 0.469 e. The number of esters is 1. The maximum absolute atomic E-state index is 11.9. The molecule has 0 aliphatic heterocycles. The number of hydrogen-bond acceptors (Lipinski definition) is 2. The van der Waals surface area contributed by atoms with Gasteiger partial charge in [-0.2, -0.15) is 0 Å². The van der Waals surface area contributed by atoms with Crippen LogP contribution in [-0.4, -0.2) is 13.1 Å². The maximum atomic E-state index is 11.9. The van der Waals surface area contributed by atoms with Crippen LogP contribution in [0.1, 0.15) is 31.9 Å². The summed E-state index contributed by atoms with van der Waals surface area (Å²) in [5.74, 6) is -0.137. The Labute approximate surface area is 103 Å². The third-order valence-electron chi connectivity index (χ3n) is 4.70. The van der Waals surface area contributed by atoms with E-state index < -0.39 is 0 Å². The lowest BCUT2D eigenvalue weighted by Gasteiger charge is -2.17. The Morgan fingerprint density at radius 3 is 2.35 bits per heavy atom. The summed E-state index contributed by atoms with van der Waals surface area (Å²) in [6, 6.07) is 8.30. The zero-order chi connectivity index (χ0) is 12.8. The molecule has 1 saturated carbocycles. The smallest absolute Gasteiger partial charge is 0.310 e. The van der Waals surface area contributed by atoms with Crippen LogP contribution >= 0.6 is 0 Å². The predicted molar refractivity (Wildman–Crippen MR) is 67.8 cm³/mol. The Kier molecular flexibility index (Phi) is 2.57. The van der Waals surface area contributed by atoms with Gasteiger partial charge in [-0.15, -0.1) is 0 Å². The number of methoxy groups -OCH3 is 1. The van der Waals surface area contributed by atoms with Crippen LogP contribution in [0, 0.1) is 18.3 Å². The Balaban J connectivity index is 2.46. The number of rotatable bonds is 2. The van der Waals surface area contributed by atoms with Gasteiger partial charge in [0.2, 0.25) is 0 Å². The zero-order valence-electron chi connectivity index (χ0n) is 11.2. The first kappa shape index (κ1) is 12.2. The van der Waals surface area contributed by atoms with Gasteiger partial charge >= 0.3 is 5.97 Å².